The van der Waals surface area contributed by atoms with Gasteiger partial charge in [-0.25, -0.2) is 4.39 Å². The van der Waals surface area contributed by atoms with E-state index in [1.165, 1.54) is 6.07 Å². The van der Waals surface area contributed by atoms with Crippen molar-refractivity contribution in [3.63, 3.8) is 0 Å². The Morgan fingerprint density at radius 2 is 1.86 bits per heavy atom. The van der Waals surface area contributed by atoms with Gasteiger partial charge in [0.1, 0.15) is 11.6 Å². The maximum Gasteiger partial charge on any atom is 0.421 e. The van der Waals surface area contributed by atoms with Gasteiger partial charge in [-0.1, -0.05) is 0 Å². The van der Waals surface area contributed by atoms with Crippen molar-refractivity contribution in [2.75, 3.05) is 5.73 Å². The second-order valence-electron chi connectivity index (χ2n) is 2.50. The summed E-state index contributed by atoms with van der Waals surface area (Å²) in [6.45, 7) is 0. The summed E-state index contributed by atoms with van der Waals surface area (Å²) in [5.41, 5.74) is 1.97. The predicted molar refractivity (Wildman–Crippen MR) is 40.5 cm³/mol. The number of halogens is 4. The van der Waals surface area contributed by atoms with Crippen molar-refractivity contribution in [3.05, 3.63) is 29.1 Å². The summed E-state index contributed by atoms with van der Waals surface area (Å²) in [6, 6.07) is 3.06. The molecular formula is C8H4F4N2. The van der Waals surface area contributed by atoms with Gasteiger partial charge in [-0.15, -0.1) is 0 Å². The molecule has 0 unspecified atom stereocenters. The lowest BCUT2D eigenvalue weighted by atomic mass is 10.1. The molecule has 0 atom stereocenters. The maximum atomic E-state index is 13.0. The number of hydrogen-bond donors (Lipinski definition) is 1. The lowest BCUT2D eigenvalue weighted by molar-refractivity contribution is -0.139. The van der Waals surface area contributed by atoms with Crippen LogP contribution in [0.15, 0.2) is 12.1 Å². The monoisotopic (exact) mass is 204 g/mol. The van der Waals surface area contributed by atoms with E-state index in [2.05, 4.69) is 0 Å². The van der Waals surface area contributed by atoms with Crippen LogP contribution >= 0.6 is 0 Å². The molecule has 0 aliphatic carbocycles. The Morgan fingerprint density at radius 3 is 2.29 bits per heavy atom. The van der Waals surface area contributed by atoms with Crippen molar-refractivity contribution in [3.8, 4) is 6.07 Å². The van der Waals surface area contributed by atoms with Gasteiger partial charge in [-0.3, -0.25) is 0 Å². The Bertz CT molecular complexity index is 403. The Morgan fingerprint density at radius 1 is 1.29 bits per heavy atom. The van der Waals surface area contributed by atoms with E-state index in [1.807, 2.05) is 0 Å². The minimum absolute atomic E-state index is 0.675. The highest BCUT2D eigenvalue weighted by molar-refractivity contribution is 5.53. The zero-order valence-electron chi connectivity index (χ0n) is 6.69. The molecular weight excluding hydrogens is 200 g/mol. The quantitative estimate of drug-likeness (QED) is 0.520. The molecule has 1 aromatic carbocycles. The fraction of sp³-hybridized carbons (Fsp3) is 0.125. The van der Waals surface area contributed by atoms with Crippen molar-refractivity contribution < 1.29 is 17.6 Å². The highest BCUT2D eigenvalue weighted by atomic mass is 19.4. The van der Waals surface area contributed by atoms with Crippen molar-refractivity contribution in [2.24, 2.45) is 0 Å². The molecule has 0 aliphatic heterocycles. The third kappa shape index (κ3) is 1.62. The van der Waals surface area contributed by atoms with Gasteiger partial charge in [0.15, 0.2) is 5.82 Å². The van der Waals surface area contributed by atoms with Gasteiger partial charge in [0.25, 0.3) is 0 Å². The second kappa shape index (κ2) is 3.18. The smallest absolute Gasteiger partial charge is 0.398 e. The van der Waals surface area contributed by atoms with E-state index in [0.29, 0.717) is 0 Å². The number of nitrogens with two attached hydrogens (primary N) is 1. The minimum Gasteiger partial charge on any atom is -0.398 e. The van der Waals surface area contributed by atoms with Gasteiger partial charge >= 0.3 is 6.18 Å². The molecule has 0 bridgehead atoms. The first-order valence-corrected chi connectivity index (χ1v) is 3.43. The summed E-state index contributed by atoms with van der Waals surface area (Å²) in [6.07, 6.45) is -4.89. The Kier molecular flexibility index (Phi) is 2.34. The van der Waals surface area contributed by atoms with E-state index in [-0.39, 0.29) is 0 Å². The predicted octanol–water partition coefficient (Wildman–Crippen LogP) is 2.30. The van der Waals surface area contributed by atoms with Crippen LogP contribution in [0.2, 0.25) is 0 Å². The molecule has 2 N–H and O–H groups in total. The number of alkyl halides is 3. The largest absolute Gasteiger partial charge is 0.421 e. The van der Waals surface area contributed by atoms with Crippen LogP contribution < -0.4 is 5.73 Å². The number of benzene rings is 1. The molecule has 0 spiro atoms. The lowest BCUT2D eigenvalue weighted by Crippen LogP contribution is -2.12. The normalized spacial score (nSPS) is 11.1. The van der Waals surface area contributed by atoms with E-state index < -0.39 is 28.8 Å². The molecule has 1 rings (SSSR count). The standard InChI is InChI=1S/C8H4F4N2/c9-7-4(3-13)1-2-5(14)6(7)8(10,11)12/h1-2H,14H2. The molecule has 0 radical (unpaired) electrons. The molecule has 0 heterocycles. The molecule has 0 fully saturated rings. The van der Waals surface area contributed by atoms with Gasteiger partial charge in [0.05, 0.1) is 5.56 Å². The number of nitriles is 1. The first-order chi connectivity index (χ1) is 6.38. The minimum atomic E-state index is -4.89. The summed E-state index contributed by atoms with van der Waals surface area (Å²) in [4.78, 5) is 0. The van der Waals surface area contributed by atoms with E-state index in [0.717, 1.165) is 12.1 Å². The summed E-state index contributed by atoms with van der Waals surface area (Å²) < 4.78 is 49.6. The molecule has 0 amide bonds. The van der Waals surface area contributed by atoms with E-state index in [9.17, 15) is 17.6 Å². The van der Waals surface area contributed by atoms with Gasteiger partial charge in [0, 0.05) is 5.69 Å². The van der Waals surface area contributed by atoms with Crippen LogP contribution in [-0.4, -0.2) is 0 Å². The topological polar surface area (TPSA) is 49.8 Å². The Hall–Kier alpha value is -1.77. The summed E-state index contributed by atoms with van der Waals surface area (Å²) in [5.74, 6) is -1.62. The number of nitrogen functional groups attached to an aromatic ring is 1. The number of nitrogens with zero attached hydrogens (tertiary/aromatic N) is 1. The zero-order chi connectivity index (χ0) is 10.9. The number of rotatable bonds is 0. The number of anilines is 1. The van der Waals surface area contributed by atoms with E-state index in [4.69, 9.17) is 11.0 Å². The fourth-order valence-electron chi connectivity index (χ4n) is 0.965. The van der Waals surface area contributed by atoms with E-state index in [1.54, 1.807) is 0 Å². The van der Waals surface area contributed by atoms with Crippen molar-refractivity contribution in [1.82, 2.24) is 0 Å². The molecule has 14 heavy (non-hydrogen) atoms. The third-order valence-electron chi connectivity index (χ3n) is 1.58. The van der Waals surface area contributed by atoms with Crippen LogP contribution in [0.4, 0.5) is 23.2 Å². The summed E-state index contributed by atoms with van der Waals surface area (Å²) in [5, 5.41) is 8.30. The van der Waals surface area contributed by atoms with Crippen LogP contribution in [0, 0.1) is 17.1 Å². The Labute approximate surface area is 76.6 Å². The molecule has 6 heteroatoms. The van der Waals surface area contributed by atoms with Gasteiger partial charge in [-0.05, 0) is 12.1 Å². The van der Waals surface area contributed by atoms with E-state index >= 15 is 0 Å². The highest BCUT2D eigenvalue weighted by Gasteiger charge is 2.37. The van der Waals surface area contributed by atoms with Crippen LogP contribution in [0.25, 0.3) is 0 Å². The van der Waals surface area contributed by atoms with Gasteiger partial charge in [-0.2, -0.15) is 18.4 Å². The maximum absolute atomic E-state index is 13.0. The first kappa shape index (κ1) is 10.3. The average Bonchev–Trinajstić information content (AvgIpc) is 2.02. The lowest BCUT2D eigenvalue weighted by Gasteiger charge is -2.11. The first-order valence-electron chi connectivity index (χ1n) is 3.43. The summed E-state index contributed by atoms with van der Waals surface area (Å²) >= 11 is 0. The highest BCUT2D eigenvalue weighted by Crippen LogP contribution is 2.36. The SMILES string of the molecule is N#Cc1ccc(N)c(C(F)(F)F)c1F. The average molecular weight is 204 g/mol. The van der Waals surface area contributed by atoms with Crippen LogP contribution in [0.5, 0.6) is 0 Å². The molecule has 74 valence electrons. The van der Waals surface area contributed by atoms with Crippen molar-refractivity contribution in [2.45, 2.75) is 6.18 Å². The zero-order valence-corrected chi connectivity index (χ0v) is 6.69. The van der Waals surface area contributed by atoms with Crippen molar-refractivity contribution in [1.29, 1.82) is 5.26 Å². The third-order valence-corrected chi connectivity index (χ3v) is 1.58. The molecule has 0 aromatic heterocycles. The second-order valence-corrected chi connectivity index (χ2v) is 2.50. The van der Waals surface area contributed by atoms with Gasteiger partial charge < -0.3 is 5.73 Å². The molecule has 0 saturated heterocycles. The number of hydrogen-bond acceptors (Lipinski definition) is 2. The molecule has 0 saturated carbocycles. The fourth-order valence-corrected chi connectivity index (χ4v) is 0.965. The van der Waals surface area contributed by atoms with Crippen LogP contribution in [-0.2, 0) is 6.18 Å². The van der Waals surface area contributed by atoms with Crippen LogP contribution in [0.3, 0.4) is 0 Å². The van der Waals surface area contributed by atoms with Crippen LogP contribution in [0.1, 0.15) is 11.1 Å². The molecule has 2 nitrogen and oxygen atoms in total. The molecule has 1 aromatic rings. The van der Waals surface area contributed by atoms with Gasteiger partial charge in [0.2, 0.25) is 0 Å². The van der Waals surface area contributed by atoms with Crippen molar-refractivity contribution >= 4 is 5.69 Å². The summed E-state index contributed by atoms with van der Waals surface area (Å²) in [7, 11) is 0. The molecule has 0 aliphatic rings. The Balaban J connectivity index is 3.50.